The predicted molar refractivity (Wildman–Crippen MR) is 145 cm³/mol. The second-order valence-electron chi connectivity index (χ2n) is 8.38. The van der Waals surface area contributed by atoms with E-state index in [0.717, 1.165) is 49.6 Å². The van der Waals surface area contributed by atoms with Gasteiger partial charge < -0.3 is 20.1 Å². The van der Waals surface area contributed by atoms with E-state index in [1.807, 2.05) is 6.07 Å². The first-order chi connectivity index (χ1) is 17.0. The molecule has 9 heteroatoms. The molecule has 1 aliphatic heterocycles. The van der Waals surface area contributed by atoms with Crippen LogP contribution in [-0.4, -0.2) is 42.8 Å². The maximum absolute atomic E-state index is 12.9. The number of benzene rings is 2. The molecular formula is C26H32BrN3O4S. The second-order valence-corrected chi connectivity index (χ2v) is 9.71. The Bertz CT molecular complexity index is 1030. The van der Waals surface area contributed by atoms with Crippen molar-refractivity contribution in [2.24, 2.45) is 0 Å². The number of carbonyl (C=O) groups excluding carboxylic acids is 2. The Kier molecular flexibility index (Phi) is 11.0. The van der Waals surface area contributed by atoms with Gasteiger partial charge in [0.05, 0.1) is 18.3 Å². The number of unbranched alkanes of at least 4 members (excludes halogenated alkanes) is 3. The van der Waals surface area contributed by atoms with Crippen LogP contribution in [0.25, 0.3) is 0 Å². The quantitative estimate of drug-likeness (QED) is 0.250. The van der Waals surface area contributed by atoms with Gasteiger partial charge in [-0.2, -0.15) is 0 Å². The van der Waals surface area contributed by atoms with Crippen molar-refractivity contribution in [2.75, 3.05) is 25.1 Å². The maximum atomic E-state index is 12.9. The Morgan fingerprint density at radius 3 is 2.77 bits per heavy atom. The first-order valence-electron chi connectivity index (χ1n) is 12.0. The average Bonchev–Trinajstić information content (AvgIpc) is 3.37. The third-order valence-corrected chi connectivity index (χ3v) is 6.26. The minimum absolute atomic E-state index is 0.0753. The molecule has 1 saturated heterocycles. The van der Waals surface area contributed by atoms with Crippen molar-refractivity contribution in [1.29, 1.82) is 0 Å². The topological polar surface area (TPSA) is 88.7 Å². The fourth-order valence-electron chi connectivity index (χ4n) is 3.70. The summed E-state index contributed by atoms with van der Waals surface area (Å²) in [6.45, 7) is 3.94. The van der Waals surface area contributed by atoms with Crippen molar-refractivity contribution in [3.8, 4) is 5.75 Å². The van der Waals surface area contributed by atoms with Gasteiger partial charge in [0.15, 0.2) is 5.11 Å². The van der Waals surface area contributed by atoms with Crippen LogP contribution in [0.2, 0.25) is 0 Å². The lowest BCUT2D eigenvalue weighted by Gasteiger charge is -2.14. The maximum Gasteiger partial charge on any atom is 0.261 e. The number of anilines is 1. The van der Waals surface area contributed by atoms with Crippen LogP contribution in [0.5, 0.6) is 5.75 Å². The summed E-state index contributed by atoms with van der Waals surface area (Å²) in [4.78, 5) is 25.4. The van der Waals surface area contributed by atoms with Crippen molar-refractivity contribution < 1.29 is 19.1 Å². The molecular weight excluding hydrogens is 530 g/mol. The van der Waals surface area contributed by atoms with Gasteiger partial charge in [0.25, 0.3) is 11.8 Å². The fraction of sp³-hybridized carbons (Fsp3) is 0.423. The molecule has 0 aromatic heterocycles. The lowest BCUT2D eigenvalue weighted by molar-refractivity contribution is 0.0857. The Morgan fingerprint density at radius 2 is 2.00 bits per heavy atom. The normalized spacial score (nSPS) is 14.9. The number of carbonyl (C=O) groups is 2. The molecule has 0 bridgehead atoms. The Labute approximate surface area is 220 Å². The summed E-state index contributed by atoms with van der Waals surface area (Å²) in [5.74, 6) is -0.0540. The molecule has 2 aromatic rings. The van der Waals surface area contributed by atoms with E-state index in [4.69, 9.17) is 21.7 Å². The molecule has 1 atom stereocenters. The molecule has 0 saturated carbocycles. The van der Waals surface area contributed by atoms with Gasteiger partial charge in [-0.15, -0.1) is 0 Å². The lowest BCUT2D eigenvalue weighted by Crippen LogP contribution is -2.34. The van der Waals surface area contributed by atoms with E-state index < -0.39 is 0 Å². The van der Waals surface area contributed by atoms with Crippen molar-refractivity contribution in [3.05, 3.63) is 58.1 Å². The Balaban J connectivity index is 1.55. The highest BCUT2D eigenvalue weighted by Gasteiger charge is 2.18. The molecule has 7 nitrogen and oxygen atoms in total. The molecule has 3 N–H and O–H groups in total. The standard InChI is InChI=1S/C26H32BrN3O4S/c1-2-3-4-5-13-34-23-12-11-19(27)16-22(23)25(32)30-26(35)29-20-9-6-8-18(15-20)24(31)28-17-21-10-7-14-33-21/h6,8-9,11-12,15-16,21H,2-5,7,10,13-14,17H2,1H3,(H,28,31)(H2,29,30,32,35). The highest BCUT2D eigenvalue weighted by molar-refractivity contribution is 9.10. The highest BCUT2D eigenvalue weighted by Crippen LogP contribution is 2.24. The zero-order chi connectivity index (χ0) is 25.0. The summed E-state index contributed by atoms with van der Waals surface area (Å²) in [6.07, 6.45) is 6.39. The van der Waals surface area contributed by atoms with E-state index in [1.54, 1.807) is 36.4 Å². The Morgan fingerprint density at radius 1 is 1.14 bits per heavy atom. The summed E-state index contributed by atoms with van der Waals surface area (Å²) < 4.78 is 12.2. The summed E-state index contributed by atoms with van der Waals surface area (Å²) in [5.41, 5.74) is 1.48. The van der Waals surface area contributed by atoms with Crippen molar-refractivity contribution in [1.82, 2.24) is 10.6 Å². The lowest BCUT2D eigenvalue weighted by atomic mass is 10.1. The zero-order valence-electron chi connectivity index (χ0n) is 19.9. The van der Waals surface area contributed by atoms with E-state index in [1.165, 1.54) is 0 Å². The molecule has 0 radical (unpaired) electrons. The van der Waals surface area contributed by atoms with E-state index in [0.29, 0.717) is 35.7 Å². The van der Waals surface area contributed by atoms with Gasteiger partial charge in [-0.3, -0.25) is 14.9 Å². The molecule has 35 heavy (non-hydrogen) atoms. The molecule has 1 heterocycles. The number of hydrogen-bond acceptors (Lipinski definition) is 5. The van der Waals surface area contributed by atoms with Crippen LogP contribution in [0.1, 0.15) is 66.2 Å². The molecule has 2 aromatic carbocycles. The Hall–Kier alpha value is -2.49. The number of ether oxygens (including phenoxy) is 2. The number of amides is 2. The van der Waals surface area contributed by atoms with Gasteiger partial charge in [0.1, 0.15) is 5.75 Å². The van der Waals surface area contributed by atoms with Crippen LogP contribution in [0.4, 0.5) is 5.69 Å². The molecule has 0 spiro atoms. The van der Waals surface area contributed by atoms with E-state index in [9.17, 15) is 9.59 Å². The van der Waals surface area contributed by atoms with Crippen molar-refractivity contribution in [2.45, 2.75) is 51.6 Å². The van der Waals surface area contributed by atoms with Gasteiger partial charge in [-0.05, 0) is 67.9 Å². The molecule has 1 unspecified atom stereocenters. The van der Waals surface area contributed by atoms with Crippen LogP contribution < -0.4 is 20.7 Å². The van der Waals surface area contributed by atoms with Gasteiger partial charge in [-0.1, -0.05) is 48.2 Å². The minimum atomic E-state index is -0.377. The van der Waals surface area contributed by atoms with Crippen LogP contribution in [0, 0.1) is 0 Å². The first-order valence-corrected chi connectivity index (χ1v) is 13.2. The van der Waals surface area contributed by atoms with Gasteiger partial charge in [0, 0.05) is 28.9 Å². The van der Waals surface area contributed by atoms with Gasteiger partial charge in [-0.25, -0.2) is 0 Å². The van der Waals surface area contributed by atoms with Gasteiger partial charge in [0.2, 0.25) is 0 Å². The molecule has 1 aliphatic rings. The summed E-state index contributed by atoms with van der Waals surface area (Å²) in [5, 5.41) is 8.70. The van der Waals surface area contributed by atoms with Crippen LogP contribution in [0.3, 0.4) is 0 Å². The summed E-state index contributed by atoms with van der Waals surface area (Å²) >= 11 is 8.76. The number of hydrogen-bond donors (Lipinski definition) is 3. The number of thiocarbonyl (C=S) groups is 1. The van der Waals surface area contributed by atoms with Crippen LogP contribution in [0.15, 0.2) is 46.9 Å². The number of rotatable bonds is 11. The zero-order valence-corrected chi connectivity index (χ0v) is 22.3. The highest BCUT2D eigenvalue weighted by atomic mass is 79.9. The van der Waals surface area contributed by atoms with E-state index >= 15 is 0 Å². The molecule has 2 amide bonds. The minimum Gasteiger partial charge on any atom is -0.493 e. The van der Waals surface area contributed by atoms with E-state index in [2.05, 4.69) is 38.8 Å². The summed E-state index contributed by atoms with van der Waals surface area (Å²) in [7, 11) is 0. The SMILES string of the molecule is CCCCCCOc1ccc(Br)cc1C(=O)NC(=S)Nc1cccc(C(=O)NCC2CCCO2)c1. The van der Waals surface area contributed by atoms with E-state index in [-0.39, 0.29) is 23.0 Å². The predicted octanol–water partition coefficient (Wildman–Crippen LogP) is 5.44. The largest absolute Gasteiger partial charge is 0.493 e. The second kappa shape index (κ2) is 14.2. The number of halogens is 1. The first kappa shape index (κ1) is 27.1. The van der Waals surface area contributed by atoms with Crippen molar-refractivity contribution >= 4 is 50.8 Å². The van der Waals surface area contributed by atoms with Crippen LogP contribution >= 0.6 is 28.1 Å². The van der Waals surface area contributed by atoms with Crippen molar-refractivity contribution in [3.63, 3.8) is 0 Å². The molecule has 0 aliphatic carbocycles. The van der Waals surface area contributed by atoms with Crippen LogP contribution in [-0.2, 0) is 4.74 Å². The smallest absolute Gasteiger partial charge is 0.261 e. The molecule has 1 fully saturated rings. The molecule has 3 rings (SSSR count). The monoisotopic (exact) mass is 561 g/mol. The average molecular weight is 563 g/mol. The third-order valence-electron chi connectivity index (χ3n) is 5.57. The number of nitrogens with one attached hydrogen (secondary N) is 3. The fourth-order valence-corrected chi connectivity index (χ4v) is 4.27. The summed E-state index contributed by atoms with van der Waals surface area (Å²) in [6, 6.07) is 12.3. The van der Waals surface area contributed by atoms with Gasteiger partial charge >= 0.3 is 0 Å². The third kappa shape index (κ3) is 8.91. The molecule has 188 valence electrons.